The number of epoxide rings is 2. The largest absolute Gasteiger partial charge is 0.371 e. The van der Waals surface area contributed by atoms with Gasteiger partial charge in [-0.1, -0.05) is 48.6 Å². The van der Waals surface area contributed by atoms with Crippen LogP contribution in [0.5, 0.6) is 0 Å². The highest BCUT2D eigenvalue weighted by atomic mass is 16.7. The van der Waals surface area contributed by atoms with Gasteiger partial charge in [0.2, 0.25) is 0 Å². The van der Waals surface area contributed by atoms with Gasteiger partial charge in [0.15, 0.2) is 0 Å². The molecule has 0 bridgehead atoms. The van der Waals surface area contributed by atoms with Gasteiger partial charge in [-0.3, -0.25) is 0 Å². The number of hydrogen-bond acceptors (Lipinski definition) is 6. The molecule has 1 aromatic carbocycles. The summed E-state index contributed by atoms with van der Waals surface area (Å²) in [7, 11) is 0. The summed E-state index contributed by atoms with van der Waals surface area (Å²) in [6.45, 7) is 3.79. The summed E-state index contributed by atoms with van der Waals surface area (Å²) >= 11 is 0. The molecule has 0 amide bonds. The number of allylic oxidation sites excluding steroid dienone is 2. The third kappa shape index (κ3) is 9.40. The molecule has 2 heterocycles. The van der Waals surface area contributed by atoms with Crippen LogP contribution < -0.4 is 0 Å². The minimum atomic E-state index is 0.309. The molecule has 2 aliphatic carbocycles. The Hall–Kier alpha value is -1.54. The Balaban J connectivity index is 0.945. The van der Waals surface area contributed by atoms with Crippen LogP contribution in [-0.2, 0) is 28.4 Å². The molecule has 0 spiro atoms. The average molecular weight is 499 g/mol. The molecule has 0 N–H and O–H groups in total. The van der Waals surface area contributed by atoms with E-state index in [1.807, 2.05) is 0 Å². The molecule has 4 aliphatic rings. The van der Waals surface area contributed by atoms with Crippen molar-refractivity contribution in [2.75, 3.05) is 40.0 Å². The Kier molecular flexibility index (Phi) is 10.0. The fourth-order valence-electron chi connectivity index (χ4n) is 5.08. The van der Waals surface area contributed by atoms with Crippen molar-refractivity contribution in [3.8, 4) is 0 Å². The first-order valence-corrected chi connectivity index (χ1v) is 13.9. The lowest BCUT2D eigenvalue weighted by Gasteiger charge is -2.26. The smallest absolute Gasteiger partial charge is 0.147 e. The maximum absolute atomic E-state index is 5.86. The highest BCUT2D eigenvalue weighted by Gasteiger charge is 2.24. The molecule has 4 fully saturated rings. The van der Waals surface area contributed by atoms with E-state index < -0.39 is 0 Å². The van der Waals surface area contributed by atoms with Crippen molar-refractivity contribution >= 4 is 12.2 Å². The van der Waals surface area contributed by atoms with Crippen LogP contribution in [0.1, 0.15) is 62.5 Å². The Bertz CT molecular complexity index is 743. The van der Waals surface area contributed by atoms with Crippen LogP contribution in [0.4, 0.5) is 0 Å². The third-order valence-electron chi connectivity index (χ3n) is 7.68. The lowest BCUT2D eigenvalue weighted by atomic mass is 9.86. The Labute approximate surface area is 215 Å². The molecule has 0 radical (unpaired) electrons. The molecule has 2 saturated heterocycles. The third-order valence-corrected chi connectivity index (χ3v) is 7.68. The minimum Gasteiger partial charge on any atom is -0.371 e. The quantitative estimate of drug-likeness (QED) is 0.189. The summed E-state index contributed by atoms with van der Waals surface area (Å²) in [4.78, 5) is 0. The highest BCUT2D eigenvalue weighted by molar-refractivity contribution is 5.56. The second-order valence-corrected chi connectivity index (χ2v) is 10.7. The first-order valence-electron chi connectivity index (χ1n) is 13.9. The second-order valence-electron chi connectivity index (χ2n) is 10.7. The molecule has 2 aliphatic heterocycles. The number of rotatable bonds is 14. The van der Waals surface area contributed by atoms with E-state index in [-0.39, 0.29) is 0 Å². The van der Waals surface area contributed by atoms with Gasteiger partial charge in [-0.05, 0) is 74.3 Å². The van der Waals surface area contributed by atoms with Crippen molar-refractivity contribution in [2.24, 2.45) is 11.8 Å². The monoisotopic (exact) mass is 498 g/mol. The van der Waals surface area contributed by atoms with Gasteiger partial charge >= 0.3 is 0 Å². The minimum absolute atomic E-state index is 0.309. The fraction of sp³-hybridized carbons (Fsp3) is 0.667. The lowest BCUT2D eigenvalue weighted by molar-refractivity contribution is -0.103. The van der Waals surface area contributed by atoms with Gasteiger partial charge in [0.25, 0.3) is 0 Å². The summed E-state index contributed by atoms with van der Waals surface area (Å²) in [6.07, 6.45) is 19.8. The van der Waals surface area contributed by atoms with E-state index in [2.05, 4.69) is 48.6 Å². The molecular formula is C30H42O6. The first kappa shape index (κ1) is 26.1. The normalized spacial score (nSPS) is 32.3. The molecule has 0 aromatic heterocycles. The first-order chi connectivity index (χ1) is 17.8. The molecule has 2 unspecified atom stereocenters. The molecule has 6 heteroatoms. The van der Waals surface area contributed by atoms with Gasteiger partial charge in [0.05, 0.1) is 38.6 Å². The van der Waals surface area contributed by atoms with Crippen LogP contribution in [0.15, 0.2) is 36.4 Å². The van der Waals surface area contributed by atoms with Crippen molar-refractivity contribution in [3.63, 3.8) is 0 Å². The van der Waals surface area contributed by atoms with Crippen molar-refractivity contribution < 1.29 is 28.4 Å². The van der Waals surface area contributed by atoms with Crippen molar-refractivity contribution in [2.45, 2.75) is 75.8 Å². The standard InChI is InChI=1S/C30H42O6/c1-2-24(6-8-26-11-15-28(16-12-26)36-22-32-18-30-20-34-30)4-3-23(1)5-7-25-9-13-27(14-10-25)35-21-31-17-29-19-33-29/h1-8,25-30H,9-22H2. The van der Waals surface area contributed by atoms with Crippen LogP contribution in [0.25, 0.3) is 12.2 Å². The highest BCUT2D eigenvalue weighted by Crippen LogP contribution is 2.29. The van der Waals surface area contributed by atoms with E-state index in [1.165, 1.54) is 36.8 Å². The number of ether oxygens (including phenoxy) is 6. The molecule has 1 aromatic rings. The van der Waals surface area contributed by atoms with Gasteiger partial charge in [-0.15, -0.1) is 0 Å². The van der Waals surface area contributed by atoms with Gasteiger partial charge in [0, 0.05) is 0 Å². The van der Waals surface area contributed by atoms with Gasteiger partial charge in [0.1, 0.15) is 25.8 Å². The van der Waals surface area contributed by atoms with Gasteiger partial charge in [-0.2, -0.15) is 0 Å². The summed E-state index contributed by atoms with van der Waals surface area (Å²) in [5.41, 5.74) is 2.55. The van der Waals surface area contributed by atoms with Crippen molar-refractivity contribution in [1.82, 2.24) is 0 Å². The van der Waals surface area contributed by atoms with Crippen LogP contribution in [0.3, 0.4) is 0 Å². The molecule has 36 heavy (non-hydrogen) atoms. The number of benzene rings is 1. The maximum Gasteiger partial charge on any atom is 0.147 e. The predicted molar refractivity (Wildman–Crippen MR) is 139 cm³/mol. The van der Waals surface area contributed by atoms with Crippen LogP contribution in [-0.4, -0.2) is 64.4 Å². The van der Waals surface area contributed by atoms with Crippen LogP contribution in [0, 0.1) is 11.8 Å². The molecule has 2 atom stereocenters. The zero-order chi connectivity index (χ0) is 24.4. The van der Waals surface area contributed by atoms with Gasteiger partial charge < -0.3 is 28.4 Å². The Morgan fingerprint density at radius 1 is 0.611 bits per heavy atom. The zero-order valence-electron chi connectivity index (χ0n) is 21.4. The SMILES string of the molecule is C(=CC1CCC(OCOCC2CO2)CC1)c1ccc(C=CC2CCC(OCOCC3CO3)CC2)cc1. The van der Waals surface area contributed by atoms with E-state index in [1.54, 1.807) is 0 Å². The Morgan fingerprint density at radius 3 is 1.36 bits per heavy atom. The van der Waals surface area contributed by atoms with Crippen molar-refractivity contribution in [1.29, 1.82) is 0 Å². The van der Waals surface area contributed by atoms with E-state index in [4.69, 9.17) is 28.4 Å². The fourth-order valence-corrected chi connectivity index (χ4v) is 5.08. The predicted octanol–water partition coefficient (Wildman–Crippen LogP) is 5.61. The molecule has 2 saturated carbocycles. The molecule has 5 rings (SSSR count). The maximum atomic E-state index is 5.86. The van der Waals surface area contributed by atoms with E-state index in [9.17, 15) is 0 Å². The van der Waals surface area contributed by atoms with Crippen molar-refractivity contribution in [3.05, 3.63) is 47.5 Å². The summed E-state index contributed by atoms with van der Waals surface area (Å²) in [6, 6.07) is 8.90. The Morgan fingerprint density at radius 2 is 1.00 bits per heavy atom. The van der Waals surface area contributed by atoms with E-state index in [0.29, 0.717) is 63.1 Å². The average Bonchev–Trinajstić information content (AvgIpc) is 3.85. The van der Waals surface area contributed by atoms with Crippen LogP contribution in [0.2, 0.25) is 0 Å². The topological polar surface area (TPSA) is 62.0 Å². The van der Waals surface area contributed by atoms with Gasteiger partial charge in [-0.25, -0.2) is 0 Å². The number of hydrogen-bond donors (Lipinski definition) is 0. The summed E-state index contributed by atoms with van der Waals surface area (Å²) in [5.74, 6) is 1.28. The molecular weight excluding hydrogens is 456 g/mol. The molecule has 6 nitrogen and oxygen atoms in total. The van der Waals surface area contributed by atoms with Crippen LogP contribution >= 0.6 is 0 Å². The second kappa shape index (κ2) is 13.8. The lowest BCUT2D eigenvalue weighted by Crippen LogP contribution is -2.22. The van der Waals surface area contributed by atoms with E-state index >= 15 is 0 Å². The summed E-state index contributed by atoms with van der Waals surface area (Å²) in [5, 5.41) is 0. The summed E-state index contributed by atoms with van der Waals surface area (Å²) < 4.78 is 33.0. The molecule has 198 valence electrons. The zero-order valence-corrected chi connectivity index (χ0v) is 21.4. The van der Waals surface area contributed by atoms with E-state index in [0.717, 1.165) is 38.9 Å².